The van der Waals surface area contributed by atoms with E-state index < -0.39 is 0 Å². The van der Waals surface area contributed by atoms with E-state index in [2.05, 4.69) is 15.1 Å². The molecule has 1 aliphatic rings. The van der Waals surface area contributed by atoms with Crippen LogP contribution in [-0.4, -0.2) is 56.7 Å². The molecule has 2 heterocycles. The van der Waals surface area contributed by atoms with Crippen LogP contribution in [0.3, 0.4) is 0 Å². The van der Waals surface area contributed by atoms with Crippen LogP contribution < -0.4 is 0 Å². The number of nitrogens with zero attached hydrogens (tertiary/aromatic N) is 5. The van der Waals surface area contributed by atoms with Crippen molar-refractivity contribution >= 4 is 5.91 Å². The van der Waals surface area contributed by atoms with Gasteiger partial charge in [-0.25, -0.2) is 4.39 Å². The molecule has 7 heteroatoms. The molecule has 0 aliphatic carbocycles. The SMILES string of the molecule is Cn1cnnc1CCC(=O)N1CCCN(Cc2ccc(F)cc2)CC1. The van der Waals surface area contributed by atoms with Crippen LogP contribution in [0.15, 0.2) is 30.6 Å². The molecule has 0 saturated carbocycles. The van der Waals surface area contributed by atoms with E-state index in [1.165, 1.54) is 12.1 Å². The van der Waals surface area contributed by atoms with Gasteiger partial charge < -0.3 is 9.47 Å². The van der Waals surface area contributed by atoms with E-state index in [-0.39, 0.29) is 11.7 Å². The molecule has 1 saturated heterocycles. The third-order valence-corrected chi connectivity index (χ3v) is 4.63. The monoisotopic (exact) mass is 345 g/mol. The van der Waals surface area contributed by atoms with E-state index in [1.807, 2.05) is 28.6 Å². The summed E-state index contributed by atoms with van der Waals surface area (Å²) in [5.41, 5.74) is 1.10. The number of aryl methyl sites for hydroxylation is 2. The highest BCUT2D eigenvalue weighted by Crippen LogP contribution is 2.11. The van der Waals surface area contributed by atoms with Gasteiger partial charge in [0.25, 0.3) is 0 Å². The molecule has 1 aliphatic heterocycles. The Bertz CT molecular complexity index is 700. The lowest BCUT2D eigenvalue weighted by molar-refractivity contribution is -0.131. The predicted octanol–water partition coefficient (Wildman–Crippen LogP) is 1.62. The fraction of sp³-hybridized carbons (Fsp3) is 0.500. The summed E-state index contributed by atoms with van der Waals surface area (Å²) in [6, 6.07) is 6.64. The largest absolute Gasteiger partial charge is 0.341 e. The van der Waals surface area contributed by atoms with Crippen molar-refractivity contribution in [3.8, 4) is 0 Å². The predicted molar refractivity (Wildman–Crippen MR) is 92.2 cm³/mol. The molecule has 6 nitrogen and oxygen atoms in total. The van der Waals surface area contributed by atoms with Crippen LogP contribution in [0.1, 0.15) is 24.2 Å². The van der Waals surface area contributed by atoms with Crippen LogP contribution in [-0.2, 0) is 24.8 Å². The van der Waals surface area contributed by atoms with Crippen LogP contribution in [0.4, 0.5) is 4.39 Å². The topological polar surface area (TPSA) is 54.3 Å². The van der Waals surface area contributed by atoms with Crippen molar-refractivity contribution in [2.45, 2.75) is 25.8 Å². The number of rotatable bonds is 5. The molecule has 2 aromatic rings. The van der Waals surface area contributed by atoms with Crippen molar-refractivity contribution in [1.29, 1.82) is 0 Å². The first-order valence-electron chi connectivity index (χ1n) is 8.69. The lowest BCUT2D eigenvalue weighted by atomic mass is 10.2. The van der Waals surface area contributed by atoms with Crippen molar-refractivity contribution in [3.05, 3.63) is 47.8 Å². The Morgan fingerprint density at radius 2 is 1.96 bits per heavy atom. The van der Waals surface area contributed by atoms with E-state index in [9.17, 15) is 9.18 Å². The lowest BCUT2D eigenvalue weighted by Crippen LogP contribution is -2.35. The Morgan fingerprint density at radius 1 is 1.16 bits per heavy atom. The molecular weight excluding hydrogens is 321 g/mol. The van der Waals surface area contributed by atoms with Crippen LogP contribution in [0.5, 0.6) is 0 Å². The van der Waals surface area contributed by atoms with Crippen molar-refractivity contribution in [1.82, 2.24) is 24.6 Å². The summed E-state index contributed by atoms with van der Waals surface area (Å²) in [7, 11) is 1.89. The molecule has 1 amide bonds. The minimum atomic E-state index is -0.209. The van der Waals surface area contributed by atoms with Gasteiger partial charge in [0.05, 0.1) is 0 Å². The van der Waals surface area contributed by atoms with E-state index in [0.29, 0.717) is 12.8 Å². The van der Waals surface area contributed by atoms with Crippen molar-refractivity contribution < 1.29 is 9.18 Å². The minimum absolute atomic E-state index is 0.173. The quantitative estimate of drug-likeness (QED) is 0.826. The summed E-state index contributed by atoms with van der Waals surface area (Å²) in [4.78, 5) is 16.7. The highest BCUT2D eigenvalue weighted by molar-refractivity contribution is 5.76. The van der Waals surface area contributed by atoms with Gasteiger partial charge in [-0.3, -0.25) is 9.69 Å². The Hall–Kier alpha value is -2.28. The molecule has 1 aromatic heterocycles. The van der Waals surface area contributed by atoms with Crippen molar-refractivity contribution in [3.63, 3.8) is 0 Å². The summed E-state index contributed by atoms with van der Waals surface area (Å²) < 4.78 is 14.8. The summed E-state index contributed by atoms with van der Waals surface area (Å²) in [5.74, 6) is 0.798. The molecule has 0 bridgehead atoms. The van der Waals surface area contributed by atoms with Gasteiger partial charge in [-0.15, -0.1) is 10.2 Å². The van der Waals surface area contributed by atoms with Gasteiger partial charge in [-0.05, 0) is 24.1 Å². The fourth-order valence-electron chi connectivity index (χ4n) is 3.14. The summed E-state index contributed by atoms with van der Waals surface area (Å²) in [6.45, 7) is 4.11. The maximum atomic E-state index is 13.0. The van der Waals surface area contributed by atoms with Crippen LogP contribution in [0.25, 0.3) is 0 Å². The van der Waals surface area contributed by atoms with Gasteiger partial charge in [-0.2, -0.15) is 0 Å². The second-order valence-electron chi connectivity index (χ2n) is 6.50. The van der Waals surface area contributed by atoms with E-state index in [1.54, 1.807) is 6.33 Å². The second-order valence-corrected chi connectivity index (χ2v) is 6.50. The zero-order chi connectivity index (χ0) is 17.6. The Kier molecular flexibility index (Phi) is 5.75. The molecule has 1 aromatic carbocycles. The highest BCUT2D eigenvalue weighted by atomic mass is 19.1. The fourth-order valence-corrected chi connectivity index (χ4v) is 3.14. The molecule has 3 rings (SSSR count). The Morgan fingerprint density at radius 3 is 2.68 bits per heavy atom. The standard InChI is InChI=1S/C18H24FN5O/c1-22-14-20-21-17(22)7-8-18(25)24-10-2-9-23(11-12-24)13-15-3-5-16(19)6-4-15/h3-6,14H,2,7-13H2,1H3. The van der Waals surface area contributed by atoms with Gasteiger partial charge >= 0.3 is 0 Å². The Labute approximate surface area is 147 Å². The molecule has 0 N–H and O–H groups in total. The first kappa shape index (κ1) is 17.5. The summed E-state index contributed by atoms with van der Waals surface area (Å²) >= 11 is 0. The Balaban J connectivity index is 1.48. The first-order valence-corrected chi connectivity index (χ1v) is 8.69. The third-order valence-electron chi connectivity index (χ3n) is 4.63. The molecule has 0 radical (unpaired) electrons. The first-order chi connectivity index (χ1) is 12.1. The molecule has 25 heavy (non-hydrogen) atoms. The summed E-state index contributed by atoms with van der Waals surface area (Å²) in [5, 5.41) is 7.86. The molecule has 0 atom stereocenters. The molecule has 1 fully saturated rings. The normalized spacial score (nSPS) is 16.0. The molecule has 134 valence electrons. The van der Waals surface area contributed by atoms with Gasteiger partial charge in [-0.1, -0.05) is 12.1 Å². The van der Waals surface area contributed by atoms with Crippen molar-refractivity contribution in [2.75, 3.05) is 26.2 Å². The summed E-state index contributed by atoms with van der Waals surface area (Å²) in [6.07, 6.45) is 3.69. The minimum Gasteiger partial charge on any atom is -0.341 e. The van der Waals surface area contributed by atoms with E-state index in [0.717, 1.165) is 50.5 Å². The van der Waals surface area contributed by atoms with Gasteiger partial charge in [0.15, 0.2) is 0 Å². The second kappa shape index (κ2) is 8.20. The van der Waals surface area contributed by atoms with Gasteiger partial charge in [0.1, 0.15) is 18.0 Å². The molecule has 0 spiro atoms. The maximum Gasteiger partial charge on any atom is 0.223 e. The number of benzene rings is 1. The number of halogens is 1. The number of hydrogen-bond donors (Lipinski definition) is 0. The van der Waals surface area contributed by atoms with E-state index in [4.69, 9.17) is 0 Å². The zero-order valence-corrected chi connectivity index (χ0v) is 14.6. The zero-order valence-electron chi connectivity index (χ0n) is 14.6. The number of aromatic nitrogens is 3. The third kappa shape index (κ3) is 4.85. The lowest BCUT2D eigenvalue weighted by Gasteiger charge is -2.22. The molecule has 0 unspecified atom stereocenters. The van der Waals surface area contributed by atoms with Crippen LogP contribution in [0.2, 0.25) is 0 Å². The average molecular weight is 345 g/mol. The number of amides is 1. The van der Waals surface area contributed by atoms with Crippen molar-refractivity contribution in [2.24, 2.45) is 7.05 Å². The maximum absolute atomic E-state index is 13.0. The number of hydrogen-bond acceptors (Lipinski definition) is 4. The highest BCUT2D eigenvalue weighted by Gasteiger charge is 2.19. The smallest absolute Gasteiger partial charge is 0.223 e. The number of carbonyl (C=O) groups is 1. The average Bonchev–Trinajstić information content (AvgIpc) is 2.87. The number of carbonyl (C=O) groups excluding carboxylic acids is 1. The van der Waals surface area contributed by atoms with Crippen LogP contribution >= 0.6 is 0 Å². The van der Waals surface area contributed by atoms with Gasteiger partial charge in [0.2, 0.25) is 5.91 Å². The van der Waals surface area contributed by atoms with E-state index >= 15 is 0 Å². The molecular formula is C18H24FN5O. The van der Waals surface area contributed by atoms with Crippen LogP contribution in [0, 0.1) is 5.82 Å². The van der Waals surface area contributed by atoms with Gasteiger partial charge in [0, 0.05) is 52.6 Å².